The molecule has 7 heteroatoms. The zero-order chi connectivity index (χ0) is 26.0. The number of nitrogens with zero attached hydrogens (tertiary/aromatic N) is 2. The molecule has 0 saturated carbocycles. The molecule has 0 aliphatic carbocycles. The third-order valence-electron chi connectivity index (χ3n) is 7.28. The van der Waals surface area contributed by atoms with E-state index in [0.717, 1.165) is 38.6 Å². The van der Waals surface area contributed by atoms with E-state index in [2.05, 4.69) is 24.1 Å². The van der Waals surface area contributed by atoms with E-state index in [4.69, 9.17) is 4.74 Å². The Kier molecular flexibility index (Phi) is 12.9. The molecule has 1 saturated heterocycles. The standard InChI is InChI=1S/C27H49N3O4/c1-10-19(6)24(28-25(31)22-15-13-14-16-30(22)21(8)11-2)26(32)29(9)23(18(4)5)17-20(7)27(33)34-12-3/h17-19,21-24H,10-16H2,1-9H3,(H,28,31)/b20-17+/t19-,21?,22+,23+,24-/m0/s1. The van der Waals surface area contributed by atoms with Gasteiger partial charge in [-0.05, 0) is 58.4 Å². The number of hydrogen-bond donors (Lipinski definition) is 1. The van der Waals surface area contributed by atoms with Crippen molar-refractivity contribution in [1.29, 1.82) is 0 Å². The number of esters is 1. The number of carbonyl (C=O) groups is 3. The number of nitrogens with one attached hydrogen (secondary N) is 1. The first-order valence-corrected chi connectivity index (χ1v) is 13.2. The molecule has 1 heterocycles. The van der Waals surface area contributed by atoms with Gasteiger partial charge in [0.15, 0.2) is 0 Å². The molecule has 5 atom stereocenters. The zero-order valence-electron chi connectivity index (χ0n) is 23.0. The first-order valence-electron chi connectivity index (χ1n) is 13.2. The van der Waals surface area contributed by atoms with Gasteiger partial charge in [0.25, 0.3) is 0 Å². The summed E-state index contributed by atoms with van der Waals surface area (Å²) < 4.78 is 5.11. The Morgan fingerprint density at radius 3 is 2.26 bits per heavy atom. The van der Waals surface area contributed by atoms with Crippen LogP contribution in [0.4, 0.5) is 0 Å². The second-order valence-corrected chi connectivity index (χ2v) is 10.1. The molecule has 0 aromatic rings. The lowest BCUT2D eigenvalue weighted by molar-refractivity contribution is -0.141. The number of likely N-dealkylation sites (tertiary alicyclic amines) is 1. The highest BCUT2D eigenvalue weighted by Crippen LogP contribution is 2.23. The molecule has 1 fully saturated rings. The van der Waals surface area contributed by atoms with Crippen LogP contribution in [0.3, 0.4) is 0 Å². The summed E-state index contributed by atoms with van der Waals surface area (Å²) in [5.41, 5.74) is 0.482. The number of piperidine rings is 1. The van der Waals surface area contributed by atoms with Gasteiger partial charge in [0.05, 0.1) is 18.7 Å². The van der Waals surface area contributed by atoms with Gasteiger partial charge >= 0.3 is 5.97 Å². The van der Waals surface area contributed by atoms with Crippen molar-refractivity contribution in [2.75, 3.05) is 20.2 Å². The highest BCUT2D eigenvalue weighted by atomic mass is 16.5. The van der Waals surface area contributed by atoms with E-state index in [1.807, 2.05) is 33.8 Å². The number of hydrogen-bond acceptors (Lipinski definition) is 5. The Balaban J connectivity index is 3.13. The van der Waals surface area contributed by atoms with E-state index in [1.54, 1.807) is 25.8 Å². The predicted molar refractivity (Wildman–Crippen MR) is 137 cm³/mol. The maximum atomic E-state index is 13.7. The Morgan fingerprint density at radius 1 is 1.09 bits per heavy atom. The molecular formula is C27H49N3O4. The Hall–Kier alpha value is -1.89. The smallest absolute Gasteiger partial charge is 0.333 e. The molecule has 1 aliphatic heterocycles. The van der Waals surface area contributed by atoms with Gasteiger partial charge in [-0.15, -0.1) is 0 Å². The summed E-state index contributed by atoms with van der Waals surface area (Å²) in [7, 11) is 1.76. The van der Waals surface area contributed by atoms with Crippen LogP contribution in [0.1, 0.15) is 87.5 Å². The van der Waals surface area contributed by atoms with Crippen LogP contribution in [0.2, 0.25) is 0 Å². The normalized spacial score (nSPS) is 20.9. The molecule has 1 rings (SSSR count). The number of amides is 2. The Labute approximate surface area is 207 Å². The fourth-order valence-corrected chi connectivity index (χ4v) is 4.62. The van der Waals surface area contributed by atoms with Gasteiger partial charge in [-0.3, -0.25) is 14.5 Å². The van der Waals surface area contributed by atoms with Crippen molar-refractivity contribution in [1.82, 2.24) is 15.1 Å². The quantitative estimate of drug-likeness (QED) is 0.336. The summed E-state index contributed by atoms with van der Waals surface area (Å²) in [5, 5.41) is 3.13. The molecule has 7 nitrogen and oxygen atoms in total. The van der Waals surface area contributed by atoms with Crippen LogP contribution < -0.4 is 5.32 Å². The summed E-state index contributed by atoms with van der Waals surface area (Å²) in [5.74, 6) is -0.469. The minimum atomic E-state index is -0.610. The van der Waals surface area contributed by atoms with Gasteiger partial charge in [0, 0.05) is 18.7 Å². The largest absolute Gasteiger partial charge is 0.463 e. The predicted octanol–water partition coefficient (Wildman–Crippen LogP) is 4.16. The van der Waals surface area contributed by atoms with Crippen molar-refractivity contribution < 1.29 is 19.1 Å². The second kappa shape index (κ2) is 14.5. The van der Waals surface area contributed by atoms with Crippen LogP contribution in [-0.4, -0.2) is 72.0 Å². The maximum Gasteiger partial charge on any atom is 0.333 e. The van der Waals surface area contributed by atoms with E-state index < -0.39 is 6.04 Å². The fourth-order valence-electron chi connectivity index (χ4n) is 4.62. The first-order chi connectivity index (χ1) is 16.0. The van der Waals surface area contributed by atoms with Crippen LogP contribution >= 0.6 is 0 Å². The summed E-state index contributed by atoms with van der Waals surface area (Å²) in [6.45, 7) is 17.1. The highest BCUT2D eigenvalue weighted by Gasteiger charge is 2.36. The van der Waals surface area contributed by atoms with Crippen LogP contribution in [-0.2, 0) is 19.1 Å². The maximum absolute atomic E-state index is 13.7. The monoisotopic (exact) mass is 479 g/mol. The molecule has 0 bridgehead atoms. The van der Waals surface area contributed by atoms with Crippen molar-refractivity contribution in [2.45, 2.75) is 112 Å². The van der Waals surface area contributed by atoms with Gasteiger partial charge in [0.1, 0.15) is 6.04 Å². The fraction of sp³-hybridized carbons (Fsp3) is 0.815. The molecular weight excluding hydrogens is 430 g/mol. The molecule has 0 aromatic heterocycles. The second-order valence-electron chi connectivity index (χ2n) is 10.1. The SMILES string of the molecule is CCOC(=O)/C(C)=C/[C@H](C(C)C)N(C)C(=O)[C@@H](NC(=O)[C@H]1CCCCN1C(C)CC)[C@@H](C)CC. The number of rotatable bonds is 12. The lowest BCUT2D eigenvalue weighted by Gasteiger charge is -2.40. The summed E-state index contributed by atoms with van der Waals surface area (Å²) >= 11 is 0. The van der Waals surface area contributed by atoms with Crippen molar-refractivity contribution in [2.24, 2.45) is 11.8 Å². The average Bonchev–Trinajstić information content (AvgIpc) is 2.83. The van der Waals surface area contributed by atoms with Crippen molar-refractivity contribution in [3.05, 3.63) is 11.6 Å². The molecule has 2 amide bonds. The third kappa shape index (κ3) is 8.10. The highest BCUT2D eigenvalue weighted by molar-refractivity contribution is 5.91. The minimum Gasteiger partial charge on any atom is -0.463 e. The Bertz CT molecular complexity index is 706. The van der Waals surface area contributed by atoms with Gasteiger partial charge in [-0.2, -0.15) is 0 Å². The van der Waals surface area contributed by atoms with Gasteiger partial charge in [0.2, 0.25) is 11.8 Å². The summed E-state index contributed by atoms with van der Waals surface area (Å²) in [6.07, 6.45) is 6.52. The van der Waals surface area contributed by atoms with Crippen LogP contribution in [0.5, 0.6) is 0 Å². The molecule has 1 aliphatic rings. The minimum absolute atomic E-state index is 0.0116. The van der Waals surface area contributed by atoms with Crippen LogP contribution in [0, 0.1) is 11.8 Å². The topological polar surface area (TPSA) is 79.0 Å². The van der Waals surface area contributed by atoms with E-state index in [9.17, 15) is 14.4 Å². The molecule has 34 heavy (non-hydrogen) atoms. The zero-order valence-corrected chi connectivity index (χ0v) is 23.0. The molecule has 196 valence electrons. The van der Waals surface area contributed by atoms with Gasteiger partial charge < -0.3 is 15.0 Å². The molecule has 0 aromatic carbocycles. The molecule has 0 spiro atoms. The molecule has 1 unspecified atom stereocenters. The van der Waals surface area contributed by atoms with Gasteiger partial charge in [-0.25, -0.2) is 4.79 Å². The molecule has 0 radical (unpaired) electrons. The number of ether oxygens (including phenoxy) is 1. The summed E-state index contributed by atoms with van der Waals surface area (Å²) in [4.78, 5) is 43.3. The van der Waals surface area contributed by atoms with E-state index in [0.29, 0.717) is 18.2 Å². The third-order valence-corrected chi connectivity index (χ3v) is 7.28. The van der Waals surface area contributed by atoms with Crippen molar-refractivity contribution in [3.63, 3.8) is 0 Å². The Morgan fingerprint density at radius 2 is 1.74 bits per heavy atom. The van der Waals surface area contributed by atoms with E-state index in [-0.39, 0.29) is 41.7 Å². The van der Waals surface area contributed by atoms with Crippen molar-refractivity contribution in [3.8, 4) is 0 Å². The first kappa shape index (κ1) is 30.1. The lowest BCUT2D eigenvalue weighted by Crippen LogP contribution is -2.59. The number of likely N-dealkylation sites (N-methyl/N-ethyl adjacent to an activating group) is 1. The lowest BCUT2D eigenvalue weighted by atomic mass is 9.93. The summed E-state index contributed by atoms with van der Waals surface area (Å²) in [6, 6.07) is -0.759. The number of carbonyl (C=O) groups excluding carboxylic acids is 3. The molecule has 1 N–H and O–H groups in total. The van der Waals surface area contributed by atoms with E-state index >= 15 is 0 Å². The van der Waals surface area contributed by atoms with Crippen LogP contribution in [0.25, 0.3) is 0 Å². The van der Waals surface area contributed by atoms with Gasteiger partial charge in [-0.1, -0.05) is 53.5 Å². The average molecular weight is 480 g/mol. The van der Waals surface area contributed by atoms with Crippen LogP contribution in [0.15, 0.2) is 11.6 Å². The van der Waals surface area contributed by atoms with Crippen molar-refractivity contribution >= 4 is 17.8 Å². The van der Waals surface area contributed by atoms with E-state index in [1.165, 1.54) is 0 Å².